The van der Waals surface area contributed by atoms with E-state index in [4.69, 9.17) is 9.47 Å². The summed E-state index contributed by atoms with van der Waals surface area (Å²) in [6.07, 6.45) is 4.68. The SMILES string of the molecule is COc1ccc(C2CC2COc2nc(C)ncc2-c2ccc(Br)cc2)nc1. The van der Waals surface area contributed by atoms with Crippen LogP contribution in [0, 0.1) is 12.8 Å². The smallest absolute Gasteiger partial charge is 0.224 e. The van der Waals surface area contributed by atoms with Crippen molar-refractivity contribution < 1.29 is 9.47 Å². The lowest BCUT2D eigenvalue weighted by Crippen LogP contribution is -2.05. The Bertz CT molecular complexity index is 929. The summed E-state index contributed by atoms with van der Waals surface area (Å²) in [5.74, 6) is 3.02. The molecule has 1 fully saturated rings. The minimum atomic E-state index is 0.440. The van der Waals surface area contributed by atoms with Crippen LogP contribution in [0.5, 0.6) is 11.6 Å². The van der Waals surface area contributed by atoms with Crippen molar-refractivity contribution in [3.8, 4) is 22.8 Å². The van der Waals surface area contributed by atoms with Crippen molar-refractivity contribution in [1.82, 2.24) is 15.0 Å². The molecule has 0 saturated heterocycles. The zero-order valence-corrected chi connectivity index (χ0v) is 16.8. The molecule has 2 aromatic heterocycles. The minimum absolute atomic E-state index is 0.440. The summed E-state index contributed by atoms with van der Waals surface area (Å²) in [6.45, 7) is 2.50. The number of aromatic nitrogens is 3. The third-order valence-electron chi connectivity index (χ3n) is 4.76. The number of hydrogen-bond acceptors (Lipinski definition) is 5. The molecule has 2 unspecified atom stereocenters. The lowest BCUT2D eigenvalue weighted by molar-refractivity contribution is 0.285. The molecule has 1 aliphatic carbocycles. The first-order valence-corrected chi connectivity index (χ1v) is 9.65. The Balaban J connectivity index is 1.45. The van der Waals surface area contributed by atoms with Gasteiger partial charge < -0.3 is 9.47 Å². The molecule has 5 nitrogen and oxygen atoms in total. The van der Waals surface area contributed by atoms with Gasteiger partial charge in [-0.1, -0.05) is 28.1 Å². The number of benzene rings is 1. The van der Waals surface area contributed by atoms with Crippen LogP contribution in [-0.4, -0.2) is 28.7 Å². The van der Waals surface area contributed by atoms with Gasteiger partial charge in [0.2, 0.25) is 5.88 Å². The number of rotatable bonds is 6. The van der Waals surface area contributed by atoms with Crippen molar-refractivity contribution in [3.05, 3.63) is 64.8 Å². The second-order valence-corrected chi connectivity index (χ2v) is 7.59. The van der Waals surface area contributed by atoms with Gasteiger partial charge in [-0.15, -0.1) is 0 Å². The van der Waals surface area contributed by atoms with Gasteiger partial charge in [0, 0.05) is 28.2 Å². The molecule has 0 amide bonds. The van der Waals surface area contributed by atoms with Gasteiger partial charge in [-0.2, -0.15) is 4.98 Å². The maximum absolute atomic E-state index is 6.11. The van der Waals surface area contributed by atoms with E-state index in [9.17, 15) is 0 Å². The van der Waals surface area contributed by atoms with Crippen molar-refractivity contribution in [2.45, 2.75) is 19.3 Å². The van der Waals surface area contributed by atoms with E-state index in [0.29, 0.717) is 30.1 Å². The predicted molar refractivity (Wildman–Crippen MR) is 107 cm³/mol. The largest absolute Gasteiger partial charge is 0.495 e. The van der Waals surface area contributed by atoms with E-state index in [-0.39, 0.29) is 0 Å². The van der Waals surface area contributed by atoms with Crippen LogP contribution in [0.2, 0.25) is 0 Å². The molecule has 6 heteroatoms. The molecule has 0 spiro atoms. The maximum atomic E-state index is 6.11. The van der Waals surface area contributed by atoms with Gasteiger partial charge in [0.15, 0.2) is 0 Å². The van der Waals surface area contributed by atoms with Crippen LogP contribution in [0.4, 0.5) is 0 Å². The fourth-order valence-corrected chi connectivity index (χ4v) is 3.36. The first-order chi connectivity index (χ1) is 13.1. The van der Waals surface area contributed by atoms with E-state index in [1.807, 2.05) is 49.5 Å². The summed E-state index contributed by atoms with van der Waals surface area (Å²) in [5, 5.41) is 0. The van der Waals surface area contributed by atoms with Crippen LogP contribution in [0.25, 0.3) is 11.1 Å². The molecule has 2 heterocycles. The number of nitrogens with zero attached hydrogens (tertiary/aromatic N) is 3. The van der Waals surface area contributed by atoms with Crippen molar-refractivity contribution in [2.75, 3.05) is 13.7 Å². The fourth-order valence-electron chi connectivity index (χ4n) is 3.10. The van der Waals surface area contributed by atoms with E-state index in [0.717, 1.165) is 33.5 Å². The highest BCUT2D eigenvalue weighted by atomic mass is 79.9. The number of hydrogen-bond donors (Lipinski definition) is 0. The summed E-state index contributed by atoms with van der Waals surface area (Å²) in [4.78, 5) is 13.3. The van der Waals surface area contributed by atoms with Gasteiger partial charge in [-0.05, 0) is 43.2 Å². The van der Waals surface area contributed by atoms with Crippen LogP contribution >= 0.6 is 15.9 Å². The number of methoxy groups -OCH3 is 1. The molecule has 138 valence electrons. The summed E-state index contributed by atoms with van der Waals surface area (Å²) < 4.78 is 12.3. The van der Waals surface area contributed by atoms with Gasteiger partial charge in [-0.25, -0.2) is 4.98 Å². The number of ether oxygens (including phenoxy) is 2. The topological polar surface area (TPSA) is 57.1 Å². The Morgan fingerprint density at radius 3 is 2.59 bits per heavy atom. The Morgan fingerprint density at radius 1 is 1.07 bits per heavy atom. The normalized spacial score (nSPS) is 18.2. The van der Waals surface area contributed by atoms with Crippen molar-refractivity contribution in [3.63, 3.8) is 0 Å². The third-order valence-corrected chi connectivity index (χ3v) is 5.29. The summed E-state index contributed by atoms with van der Waals surface area (Å²) >= 11 is 3.47. The highest BCUT2D eigenvalue weighted by molar-refractivity contribution is 9.10. The minimum Gasteiger partial charge on any atom is -0.495 e. The standard InChI is InChI=1S/C21H20BrN3O2/c1-13-23-11-19(14-3-5-16(22)6-4-14)21(25-13)27-12-15-9-18(15)20-8-7-17(26-2)10-24-20/h3-8,10-11,15,18H,9,12H2,1-2H3. The van der Waals surface area contributed by atoms with Crippen LogP contribution in [0.3, 0.4) is 0 Å². The Morgan fingerprint density at radius 2 is 1.89 bits per heavy atom. The predicted octanol–water partition coefficient (Wildman–Crippen LogP) is 4.80. The molecule has 1 aliphatic rings. The molecule has 1 aromatic carbocycles. The fraction of sp³-hybridized carbons (Fsp3) is 0.286. The monoisotopic (exact) mass is 425 g/mol. The first-order valence-electron chi connectivity index (χ1n) is 8.86. The van der Waals surface area contributed by atoms with Gasteiger partial charge >= 0.3 is 0 Å². The van der Waals surface area contributed by atoms with Gasteiger partial charge in [0.1, 0.15) is 11.6 Å². The van der Waals surface area contributed by atoms with Crippen molar-refractivity contribution >= 4 is 15.9 Å². The van der Waals surface area contributed by atoms with Crippen molar-refractivity contribution in [1.29, 1.82) is 0 Å². The second kappa shape index (κ2) is 7.64. The Kier molecular flexibility index (Phi) is 5.07. The summed E-state index contributed by atoms with van der Waals surface area (Å²) in [7, 11) is 1.65. The highest BCUT2D eigenvalue weighted by Gasteiger charge is 2.40. The number of pyridine rings is 1. The molecule has 0 N–H and O–H groups in total. The Hall–Kier alpha value is -2.47. The third kappa shape index (κ3) is 4.11. The molecule has 27 heavy (non-hydrogen) atoms. The van der Waals surface area contributed by atoms with Gasteiger partial charge in [0.25, 0.3) is 0 Å². The number of halogens is 1. The van der Waals surface area contributed by atoms with Crippen LogP contribution < -0.4 is 9.47 Å². The molecule has 0 radical (unpaired) electrons. The lowest BCUT2D eigenvalue weighted by atomic mass is 10.1. The molecule has 3 aromatic rings. The molecule has 1 saturated carbocycles. The lowest BCUT2D eigenvalue weighted by Gasteiger charge is -2.11. The van der Waals surface area contributed by atoms with E-state index < -0.39 is 0 Å². The highest BCUT2D eigenvalue weighted by Crippen LogP contribution is 2.47. The van der Waals surface area contributed by atoms with Gasteiger partial charge in [0.05, 0.1) is 25.5 Å². The molecular weight excluding hydrogens is 406 g/mol. The zero-order valence-electron chi connectivity index (χ0n) is 15.2. The number of aryl methyl sites for hydroxylation is 1. The van der Waals surface area contributed by atoms with E-state index >= 15 is 0 Å². The maximum Gasteiger partial charge on any atom is 0.224 e. The van der Waals surface area contributed by atoms with Crippen LogP contribution in [0.15, 0.2) is 53.3 Å². The van der Waals surface area contributed by atoms with E-state index in [2.05, 4.69) is 30.9 Å². The van der Waals surface area contributed by atoms with Crippen LogP contribution in [0.1, 0.15) is 23.9 Å². The van der Waals surface area contributed by atoms with Crippen LogP contribution in [-0.2, 0) is 0 Å². The van der Waals surface area contributed by atoms with Gasteiger partial charge in [-0.3, -0.25) is 4.98 Å². The zero-order chi connectivity index (χ0) is 18.8. The molecular formula is C21H20BrN3O2. The Labute approximate surface area is 166 Å². The second-order valence-electron chi connectivity index (χ2n) is 6.68. The molecule has 4 rings (SSSR count). The first kappa shape index (κ1) is 17.9. The summed E-state index contributed by atoms with van der Waals surface area (Å²) in [6, 6.07) is 12.1. The molecule has 0 aliphatic heterocycles. The average molecular weight is 426 g/mol. The molecule has 2 atom stereocenters. The van der Waals surface area contributed by atoms with E-state index in [1.54, 1.807) is 13.3 Å². The quantitative estimate of drug-likeness (QED) is 0.567. The van der Waals surface area contributed by atoms with E-state index in [1.165, 1.54) is 0 Å². The molecule has 0 bridgehead atoms. The summed E-state index contributed by atoms with van der Waals surface area (Å²) in [5.41, 5.74) is 3.04. The average Bonchev–Trinajstić information content (AvgIpc) is 3.47. The van der Waals surface area contributed by atoms with Crippen molar-refractivity contribution in [2.24, 2.45) is 5.92 Å².